The molecule has 1 aromatic carbocycles. The Morgan fingerprint density at radius 1 is 1.22 bits per heavy atom. The minimum atomic E-state index is -0.948. The number of aliphatic carboxylic acids is 1. The Morgan fingerprint density at radius 3 is 2.11 bits per heavy atom. The van der Waals surface area contributed by atoms with E-state index in [4.69, 9.17) is 14.6 Å². The van der Waals surface area contributed by atoms with Crippen LogP contribution in [0.3, 0.4) is 0 Å². The van der Waals surface area contributed by atoms with Crippen LogP contribution in [-0.2, 0) is 9.53 Å². The van der Waals surface area contributed by atoms with Gasteiger partial charge in [0, 0.05) is 19.3 Å². The number of carboxylic acids is 1. The van der Waals surface area contributed by atoms with Crippen LogP contribution in [0.2, 0.25) is 0 Å². The van der Waals surface area contributed by atoms with E-state index in [1.807, 2.05) is 13.8 Å². The van der Waals surface area contributed by atoms with Crippen LogP contribution in [0.1, 0.15) is 19.4 Å². The number of methoxy groups -OCH3 is 1. The molecule has 1 N–H and O–H groups in total. The summed E-state index contributed by atoms with van der Waals surface area (Å²) < 4.78 is 9.79. The first-order chi connectivity index (χ1) is 8.63. The lowest BCUT2D eigenvalue weighted by Crippen LogP contribution is -1.86. The van der Waals surface area contributed by atoms with Crippen LogP contribution in [0.5, 0.6) is 5.75 Å². The monoisotopic (exact) mass is 252 g/mol. The van der Waals surface area contributed by atoms with Crippen molar-refractivity contribution in [1.29, 1.82) is 0 Å². The largest absolute Gasteiger partial charge is 0.497 e. The molecule has 1 aromatic rings. The van der Waals surface area contributed by atoms with Gasteiger partial charge in [-0.25, -0.2) is 4.79 Å². The number of benzene rings is 1. The highest BCUT2D eigenvalue weighted by Gasteiger charge is 1.91. The summed E-state index contributed by atoms with van der Waals surface area (Å²) >= 11 is 0. The predicted molar refractivity (Wildman–Crippen MR) is 71.8 cm³/mol. The molecule has 4 heteroatoms. The second-order valence-corrected chi connectivity index (χ2v) is 3.23. The standard InChI is InChI=1S/C10H10O3.C4H10O/c1-13-9-5-2-8(3-6-9)4-7-10(11)12;1-3-5-4-2/h2-7H,1H3,(H,11,12);3-4H2,1-2H3/b7-4+;. The van der Waals surface area contributed by atoms with Gasteiger partial charge in [0.2, 0.25) is 0 Å². The van der Waals surface area contributed by atoms with Crippen LogP contribution in [0.4, 0.5) is 0 Å². The third-order valence-electron chi connectivity index (χ3n) is 1.94. The fourth-order valence-electron chi connectivity index (χ4n) is 1.09. The van der Waals surface area contributed by atoms with Crippen molar-refractivity contribution in [3.05, 3.63) is 35.9 Å². The summed E-state index contributed by atoms with van der Waals surface area (Å²) in [6.07, 6.45) is 2.63. The highest BCUT2D eigenvalue weighted by molar-refractivity contribution is 5.85. The van der Waals surface area contributed by atoms with Crippen LogP contribution in [-0.4, -0.2) is 31.4 Å². The zero-order chi connectivity index (χ0) is 13.8. The molecule has 0 bridgehead atoms. The summed E-state index contributed by atoms with van der Waals surface area (Å²) in [5.74, 6) is -0.191. The van der Waals surface area contributed by atoms with Gasteiger partial charge in [-0.2, -0.15) is 0 Å². The molecular formula is C14H20O4. The summed E-state index contributed by atoms with van der Waals surface area (Å²) in [5.41, 5.74) is 0.836. The molecule has 0 aliphatic rings. The van der Waals surface area contributed by atoms with Crippen molar-refractivity contribution in [2.45, 2.75) is 13.8 Å². The second kappa shape index (κ2) is 10.4. The zero-order valence-corrected chi connectivity index (χ0v) is 11.1. The summed E-state index contributed by atoms with van der Waals surface area (Å²) in [6.45, 7) is 5.67. The third-order valence-corrected chi connectivity index (χ3v) is 1.94. The smallest absolute Gasteiger partial charge is 0.328 e. The lowest BCUT2D eigenvalue weighted by Gasteiger charge is -1.98. The number of carboxylic acid groups (broad SMARTS) is 1. The summed E-state index contributed by atoms with van der Waals surface area (Å²) in [4.78, 5) is 10.2. The average Bonchev–Trinajstić information content (AvgIpc) is 2.38. The van der Waals surface area contributed by atoms with E-state index in [9.17, 15) is 4.79 Å². The molecule has 0 heterocycles. The molecule has 1 rings (SSSR count). The maximum absolute atomic E-state index is 10.2. The van der Waals surface area contributed by atoms with Crippen molar-refractivity contribution in [3.8, 4) is 5.75 Å². The fraction of sp³-hybridized carbons (Fsp3) is 0.357. The summed E-state index contributed by atoms with van der Waals surface area (Å²) in [7, 11) is 1.59. The molecule has 0 saturated heterocycles. The minimum absolute atomic E-state index is 0.757. The Hall–Kier alpha value is -1.81. The number of rotatable bonds is 5. The number of carbonyl (C=O) groups is 1. The van der Waals surface area contributed by atoms with Gasteiger partial charge >= 0.3 is 5.97 Å². The molecule has 0 amide bonds. The van der Waals surface area contributed by atoms with Gasteiger partial charge in [-0.3, -0.25) is 0 Å². The molecule has 0 radical (unpaired) electrons. The van der Waals surface area contributed by atoms with Gasteiger partial charge in [0.25, 0.3) is 0 Å². The Balaban J connectivity index is 0.000000494. The molecule has 4 nitrogen and oxygen atoms in total. The first-order valence-corrected chi connectivity index (χ1v) is 5.76. The minimum Gasteiger partial charge on any atom is -0.497 e. The first kappa shape index (κ1) is 16.2. The Bertz CT molecular complexity index is 353. The molecule has 0 saturated carbocycles. The quantitative estimate of drug-likeness (QED) is 0.819. The van der Waals surface area contributed by atoms with Gasteiger partial charge in [-0.1, -0.05) is 12.1 Å². The Kier molecular flexibility index (Phi) is 9.31. The van der Waals surface area contributed by atoms with Crippen LogP contribution >= 0.6 is 0 Å². The van der Waals surface area contributed by atoms with E-state index in [0.717, 1.165) is 30.6 Å². The molecule has 0 aromatic heterocycles. The number of hydrogen-bond donors (Lipinski definition) is 1. The van der Waals surface area contributed by atoms with Crippen molar-refractivity contribution in [1.82, 2.24) is 0 Å². The van der Waals surface area contributed by atoms with Gasteiger partial charge in [0.1, 0.15) is 5.75 Å². The SMILES string of the molecule is CCOCC.COc1ccc(/C=C/C(=O)O)cc1. The van der Waals surface area contributed by atoms with E-state index in [1.54, 1.807) is 31.4 Å². The molecule has 0 fully saturated rings. The van der Waals surface area contributed by atoms with E-state index in [0.29, 0.717) is 0 Å². The van der Waals surface area contributed by atoms with Crippen molar-refractivity contribution < 1.29 is 19.4 Å². The van der Waals surface area contributed by atoms with Crippen LogP contribution in [0.25, 0.3) is 6.08 Å². The van der Waals surface area contributed by atoms with E-state index in [2.05, 4.69) is 0 Å². The highest BCUT2D eigenvalue weighted by atomic mass is 16.5. The molecule has 18 heavy (non-hydrogen) atoms. The fourth-order valence-corrected chi connectivity index (χ4v) is 1.09. The van der Waals surface area contributed by atoms with E-state index in [-0.39, 0.29) is 0 Å². The van der Waals surface area contributed by atoms with Gasteiger partial charge in [0.05, 0.1) is 7.11 Å². The van der Waals surface area contributed by atoms with E-state index >= 15 is 0 Å². The topological polar surface area (TPSA) is 55.8 Å². The summed E-state index contributed by atoms with van der Waals surface area (Å²) in [5, 5.41) is 8.36. The second-order valence-electron chi connectivity index (χ2n) is 3.23. The Labute approximate surface area is 108 Å². The molecule has 0 unspecified atom stereocenters. The molecule has 0 spiro atoms. The molecule has 100 valence electrons. The first-order valence-electron chi connectivity index (χ1n) is 5.76. The molecular weight excluding hydrogens is 232 g/mol. The van der Waals surface area contributed by atoms with Gasteiger partial charge in [0.15, 0.2) is 0 Å². The Morgan fingerprint density at radius 2 is 1.78 bits per heavy atom. The molecule has 0 aliphatic heterocycles. The molecule has 0 atom stereocenters. The van der Waals surface area contributed by atoms with Gasteiger partial charge in [-0.05, 0) is 37.6 Å². The lowest BCUT2D eigenvalue weighted by atomic mass is 10.2. The van der Waals surface area contributed by atoms with Crippen molar-refractivity contribution >= 4 is 12.0 Å². The van der Waals surface area contributed by atoms with Crippen molar-refractivity contribution in [3.63, 3.8) is 0 Å². The highest BCUT2D eigenvalue weighted by Crippen LogP contribution is 2.11. The summed E-state index contributed by atoms with van der Waals surface area (Å²) in [6, 6.07) is 7.14. The van der Waals surface area contributed by atoms with E-state index in [1.165, 1.54) is 6.08 Å². The predicted octanol–water partition coefficient (Wildman–Crippen LogP) is 2.84. The van der Waals surface area contributed by atoms with Gasteiger partial charge in [-0.15, -0.1) is 0 Å². The zero-order valence-electron chi connectivity index (χ0n) is 11.1. The van der Waals surface area contributed by atoms with Crippen LogP contribution < -0.4 is 4.74 Å². The maximum atomic E-state index is 10.2. The third kappa shape index (κ3) is 8.35. The van der Waals surface area contributed by atoms with Crippen molar-refractivity contribution in [2.24, 2.45) is 0 Å². The van der Waals surface area contributed by atoms with E-state index < -0.39 is 5.97 Å². The lowest BCUT2D eigenvalue weighted by molar-refractivity contribution is -0.131. The number of ether oxygens (including phenoxy) is 2. The number of hydrogen-bond acceptors (Lipinski definition) is 3. The normalized spacial score (nSPS) is 9.72. The van der Waals surface area contributed by atoms with Gasteiger partial charge < -0.3 is 14.6 Å². The maximum Gasteiger partial charge on any atom is 0.328 e. The van der Waals surface area contributed by atoms with Crippen molar-refractivity contribution in [2.75, 3.05) is 20.3 Å². The average molecular weight is 252 g/mol. The molecule has 0 aliphatic carbocycles. The van der Waals surface area contributed by atoms with Crippen LogP contribution in [0, 0.1) is 0 Å². The van der Waals surface area contributed by atoms with Crippen LogP contribution in [0.15, 0.2) is 30.3 Å².